The molecule has 7 nitrogen and oxygen atoms in total. The van der Waals surface area contributed by atoms with Crippen molar-refractivity contribution in [3.8, 4) is 34.7 Å². The average Bonchev–Trinajstić information content (AvgIpc) is 4.33. The summed E-state index contributed by atoms with van der Waals surface area (Å²) in [4.78, 5) is 16.9. The lowest BCUT2D eigenvalue weighted by Gasteiger charge is -2.20. The van der Waals surface area contributed by atoms with Crippen LogP contribution in [0.4, 0.5) is 0 Å². The first-order chi connectivity index (χ1) is 36.9. The Labute approximate surface area is 414 Å². The molecule has 0 spiro atoms. The molecule has 0 saturated heterocycles. The molecule has 0 fully saturated rings. The van der Waals surface area contributed by atoms with Gasteiger partial charge in [0.15, 0.2) is 5.82 Å². The van der Waals surface area contributed by atoms with Crippen LogP contribution >= 0.6 is 11.3 Å². The van der Waals surface area contributed by atoms with Gasteiger partial charge in [0.2, 0.25) is 11.9 Å². The van der Waals surface area contributed by atoms with Crippen LogP contribution in [0.1, 0.15) is 5.48 Å². The van der Waals surface area contributed by atoms with Crippen LogP contribution in [0.15, 0.2) is 224 Å². The Morgan fingerprint density at radius 2 is 0.761 bits per heavy atom. The molecule has 0 amide bonds. The zero-order valence-corrected chi connectivity index (χ0v) is 38.4. The molecule has 0 aliphatic carbocycles. The normalized spacial score (nSPS) is 13.0. The van der Waals surface area contributed by atoms with Crippen LogP contribution in [0.3, 0.4) is 0 Å². The monoisotopic (exact) mass is 927 g/mol. The summed E-state index contributed by atoms with van der Waals surface area (Å²) in [6, 6.07) is 68.1. The van der Waals surface area contributed by atoms with Crippen LogP contribution in [0, 0.1) is 0 Å². The van der Waals surface area contributed by atoms with E-state index in [1.807, 2.05) is 65.2 Å². The van der Waals surface area contributed by atoms with Crippen molar-refractivity contribution >= 4 is 119 Å². The van der Waals surface area contributed by atoms with Crippen molar-refractivity contribution in [1.29, 1.82) is 0 Å². The highest BCUT2D eigenvalue weighted by molar-refractivity contribution is 7.26. The summed E-state index contributed by atoms with van der Waals surface area (Å²) in [5.41, 5.74) is 8.87. The van der Waals surface area contributed by atoms with Crippen molar-refractivity contribution in [2.45, 2.75) is 0 Å². The molecule has 0 unspecified atom stereocenters. The Bertz CT molecular complexity index is 4920. The number of rotatable bonds is 5. The van der Waals surface area contributed by atoms with E-state index in [1.54, 1.807) is 11.3 Å². The van der Waals surface area contributed by atoms with Crippen molar-refractivity contribution in [2.24, 2.45) is 0 Å². The van der Waals surface area contributed by atoms with Crippen LogP contribution in [-0.2, 0) is 0 Å². The second kappa shape index (κ2) is 14.6. The second-order valence-electron chi connectivity index (χ2n) is 18.0. The van der Waals surface area contributed by atoms with E-state index in [4.69, 9.17) is 17.7 Å². The highest BCUT2D eigenvalue weighted by Gasteiger charge is 2.28. The molecule has 330 valence electrons. The molecule has 71 heavy (non-hydrogen) atoms. The summed E-state index contributed by atoms with van der Waals surface area (Å²) in [7, 11) is 0. The molecule has 0 bridgehead atoms. The quantitative estimate of drug-likeness (QED) is 0.173. The Morgan fingerprint density at radius 3 is 1.32 bits per heavy atom. The third-order valence-corrected chi connectivity index (χ3v) is 15.5. The second-order valence-corrected chi connectivity index (χ2v) is 19.1. The molecule has 0 atom stereocenters. The van der Waals surface area contributed by atoms with E-state index in [1.165, 1.54) is 4.70 Å². The Hall–Kier alpha value is -9.37. The average molecular weight is 928 g/mol. The Kier molecular flexibility index (Phi) is 7.15. The lowest BCUT2D eigenvalue weighted by atomic mass is 10.1. The van der Waals surface area contributed by atoms with Crippen LogP contribution in [0.5, 0.6) is 0 Å². The van der Waals surface area contributed by atoms with Crippen LogP contribution < -0.4 is 0 Å². The van der Waals surface area contributed by atoms with E-state index in [0.717, 1.165) is 86.6 Å². The van der Waals surface area contributed by atoms with Gasteiger partial charge in [-0.2, -0.15) is 15.0 Å². The minimum absolute atomic E-state index is 0.102. The third-order valence-electron chi connectivity index (χ3n) is 14.4. The van der Waals surface area contributed by atoms with Gasteiger partial charge < -0.3 is 9.13 Å². The SMILES string of the molecule is [2H]c1c([2H])c([2H])c2c(c1[2H])c1ccccc1n2-c1cccc(-n2c3ccccc3c3ccc4sc5ccccc5c4c32)c1-c1nc(-n2c3ccccc3c3ccccc32)nc(-n2c3ccccc3c3ccccc32)n1. The van der Waals surface area contributed by atoms with Crippen molar-refractivity contribution in [3.05, 3.63) is 224 Å². The maximum absolute atomic E-state index is 9.68. The number of aromatic nitrogens is 7. The summed E-state index contributed by atoms with van der Waals surface area (Å²) in [6.45, 7) is 0. The fraction of sp³-hybridized carbons (Fsp3) is 0. The number of fused-ring (bicyclic) bond motifs is 16. The molecule has 0 radical (unpaired) electrons. The number of hydrogen-bond donors (Lipinski definition) is 0. The topological polar surface area (TPSA) is 58.4 Å². The summed E-state index contributed by atoms with van der Waals surface area (Å²) >= 11 is 1.78. The summed E-state index contributed by atoms with van der Waals surface area (Å²) < 4.78 is 48.1. The van der Waals surface area contributed by atoms with Gasteiger partial charge in [-0.05, 0) is 66.7 Å². The van der Waals surface area contributed by atoms with Gasteiger partial charge in [-0.15, -0.1) is 11.3 Å². The Balaban J connectivity index is 1.14. The van der Waals surface area contributed by atoms with E-state index >= 15 is 0 Å². The predicted octanol–water partition coefficient (Wildman–Crippen LogP) is 16.3. The van der Waals surface area contributed by atoms with Gasteiger partial charge in [-0.25, -0.2) is 0 Å². The first-order valence-corrected chi connectivity index (χ1v) is 24.4. The number of benzene rings is 10. The van der Waals surface area contributed by atoms with Crippen LogP contribution in [0.2, 0.25) is 0 Å². The highest BCUT2D eigenvalue weighted by atomic mass is 32.1. The highest BCUT2D eigenvalue weighted by Crippen LogP contribution is 2.46. The van der Waals surface area contributed by atoms with E-state index < -0.39 is 0 Å². The Morgan fingerprint density at radius 1 is 0.324 bits per heavy atom. The minimum atomic E-state index is -0.314. The summed E-state index contributed by atoms with van der Waals surface area (Å²) in [6.07, 6.45) is 0. The van der Waals surface area contributed by atoms with Gasteiger partial charge in [-0.3, -0.25) is 9.13 Å². The molecular formula is C63H37N7S. The predicted molar refractivity (Wildman–Crippen MR) is 296 cm³/mol. The van der Waals surface area contributed by atoms with Crippen molar-refractivity contribution < 1.29 is 5.48 Å². The standard InChI is InChI=1S/C63H37N7S/c1-9-26-47-38(18-1)39-19-2-10-27-48(39)67(47)54-33-17-34-55(68-49-28-11-7-24-44(49)45-36-37-57-58(60(45)68)46-25-8-16-35-56(46)71-57)59(54)61-64-62(69-50-29-12-3-20-40(50)41-21-4-13-30-51(41)69)66-63(65-61)70-52-31-14-5-22-42(52)43-23-6-15-32-53(43)70/h1-37H/i1D,9D,18D,26D. The number of thiophene rings is 1. The van der Waals surface area contributed by atoms with E-state index in [2.05, 4.69) is 153 Å². The molecule has 6 heterocycles. The number of hydrogen-bond acceptors (Lipinski definition) is 4. The van der Waals surface area contributed by atoms with Gasteiger partial charge in [0.05, 0.1) is 66.6 Å². The third kappa shape index (κ3) is 5.34. The summed E-state index contributed by atoms with van der Waals surface area (Å²) in [5, 5.41) is 9.85. The lowest BCUT2D eigenvalue weighted by Crippen LogP contribution is -2.12. The molecule has 8 heteroatoms. The zero-order valence-electron chi connectivity index (χ0n) is 41.6. The van der Waals surface area contributed by atoms with Crippen LogP contribution in [0.25, 0.3) is 142 Å². The van der Waals surface area contributed by atoms with Gasteiger partial charge in [0, 0.05) is 63.3 Å². The first kappa shape index (κ1) is 34.8. The van der Waals surface area contributed by atoms with Crippen molar-refractivity contribution in [1.82, 2.24) is 33.2 Å². The zero-order chi connectivity index (χ0) is 49.8. The van der Waals surface area contributed by atoms with Crippen LogP contribution in [-0.4, -0.2) is 33.2 Å². The molecule has 16 aromatic rings. The largest absolute Gasteiger partial charge is 0.308 e. The molecule has 6 aromatic heterocycles. The van der Waals surface area contributed by atoms with Gasteiger partial charge in [0.1, 0.15) is 0 Å². The molecule has 16 rings (SSSR count). The number of para-hydroxylation sites is 7. The van der Waals surface area contributed by atoms with E-state index in [-0.39, 0.29) is 24.2 Å². The lowest BCUT2D eigenvalue weighted by molar-refractivity contribution is 0.891. The molecule has 0 saturated carbocycles. The molecule has 0 N–H and O–H groups in total. The molecule has 10 aromatic carbocycles. The fourth-order valence-electron chi connectivity index (χ4n) is 11.5. The van der Waals surface area contributed by atoms with E-state index in [0.29, 0.717) is 50.8 Å². The molecular weight excluding hydrogens is 887 g/mol. The van der Waals surface area contributed by atoms with Gasteiger partial charge >= 0.3 is 0 Å². The number of nitrogens with zero attached hydrogens (tertiary/aromatic N) is 7. The fourth-order valence-corrected chi connectivity index (χ4v) is 12.6. The van der Waals surface area contributed by atoms with Crippen molar-refractivity contribution in [3.63, 3.8) is 0 Å². The van der Waals surface area contributed by atoms with E-state index in [9.17, 15) is 2.74 Å². The first-order valence-electron chi connectivity index (χ1n) is 25.6. The smallest absolute Gasteiger partial charge is 0.240 e. The van der Waals surface area contributed by atoms with Gasteiger partial charge in [0.25, 0.3) is 0 Å². The molecule has 0 aliphatic heterocycles. The van der Waals surface area contributed by atoms with Crippen molar-refractivity contribution in [2.75, 3.05) is 0 Å². The summed E-state index contributed by atoms with van der Waals surface area (Å²) in [5.74, 6) is 1.18. The maximum atomic E-state index is 9.68. The minimum Gasteiger partial charge on any atom is -0.308 e. The maximum Gasteiger partial charge on any atom is 0.240 e. The van der Waals surface area contributed by atoms with Gasteiger partial charge in [-0.1, -0.05) is 158 Å². The molecule has 0 aliphatic rings.